The van der Waals surface area contributed by atoms with E-state index in [1.54, 1.807) is 13.8 Å². The molecule has 5 heteroatoms. The van der Waals surface area contributed by atoms with E-state index < -0.39 is 6.10 Å². The number of nitrogen functional groups attached to an aromatic ring is 1. The van der Waals surface area contributed by atoms with Gasteiger partial charge in [-0.2, -0.15) is 0 Å². The third kappa shape index (κ3) is 3.05. The molecule has 0 saturated carbocycles. The van der Waals surface area contributed by atoms with E-state index in [0.29, 0.717) is 11.5 Å². The lowest BCUT2D eigenvalue weighted by Crippen LogP contribution is -2.09. The maximum Gasteiger partial charge on any atom is 0.138 e. The zero-order valence-electron chi connectivity index (χ0n) is 11.4. The van der Waals surface area contributed by atoms with Crippen molar-refractivity contribution in [2.24, 2.45) is 0 Å². The van der Waals surface area contributed by atoms with E-state index in [9.17, 15) is 10.2 Å². The molecule has 19 heavy (non-hydrogen) atoms. The van der Waals surface area contributed by atoms with Gasteiger partial charge in [0.15, 0.2) is 0 Å². The first-order valence-corrected chi connectivity index (χ1v) is 6.61. The lowest BCUT2D eigenvalue weighted by molar-refractivity contribution is 0.174. The lowest BCUT2D eigenvalue weighted by atomic mass is 10.2. The second kappa shape index (κ2) is 5.59. The summed E-state index contributed by atoms with van der Waals surface area (Å²) in [5, 5.41) is 19.1. The quantitative estimate of drug-likeness (QED) is 0.719. The Bertz CT molecular complexity index is 561. The van der Waals surface area contributed by atoms with Crippen LogP contribution in [-0.2, 0) is 6.54 Å². The number of aryl methyl sites for hydroxylation is 1. The van der Waals surface area contributed by atoms with Gasteiger partial charge < -0.3 is 20.5 Å². The van der Waals surface area contributed by atoms with Crippen LogP contribution in [0.2, 0.25) is 0 Å². The van der Waals surface area contributed by atoms with Crippen molar-refractivity contribution in [3.63, 3.8) is 0 Å². The third-order valence-electron chi connectivity index (χ3n) is 3.18. The van der Waals surface area contributed by atoms with E-state index in [4.69, 9.17) is 5.73 Å². The Morgan fingerprint density at radius 2 is 2.05 bits per heavy atom. The van der Waals surface area contributed by atoms with Crippen molar-refractivity contribution in [2.45, 2.75) is 45.4 Å². The molecule has 5 nitrogen and oxygen atoms in total. The second-order valence-corrected chi connectivity index (χ2v) is 5.04. The number of nitrogens with two attached hydrogens (primary N) is 1. The molecule has 0 bridgehead atoms. The smallest absolute Gasteiger partial charge is 0.138 e. The zero-order chi connectivity index (χ0) is 14.0. The number of aromatic nitrogens is 2. The van der Waals surface area contributed by atoms with E-state index >= 15 is 0 Å². The SMILES string of the molecule is CC(O)CCCn1c(C(C)O)nc2cc(N)ccc21. The average molecular weight is 263 g/mol. The molecule has 104 valence electrons. The predicted octanol–water partition coefficient (Wildman–Crippen LogP) is 1.83. The van der Waals surface area contributed by atoms with Crippen LogP contribution in [0.15, 0.2) is 18.2 Å². The summed E-state index contributed by atoms with van der Waals surface area (Å²) < 4.78 is 2.00. The highest BCUT2D eigenvalue weighted by molar-refractivity contribution is 5.79. The number of aliphatic hydroxyl groups is 2. The van der Waals surface area contributed by atoms with Gasteiger partial charge >= 0.3 is 0 Å². The molecule has 2 unspecified atom stereocenters. The molecule has 0 aliphatic heterocycles. The fourth-order valence-corrected chi connectivity index (χ4v) is 2.26. The van der Waals surface area contributed by atoms with Crippen LogP contribution in [0.4, 0.5) is 5.69 Å². The highest BCUT2D eigenvalue weighted by atomic mass is 16.3. The van der Waals surface area contributed by atoms with Crippen molar-refractivity contribution in [1.82, 2.24) is 9.55 Å². The molecule has 2 aromatic rings. The maximum absolute atomic E-state index is 9.82. The Hall–Kier alpha value is -1.59. The van der Waals surface area contributed by atoms with Crippen LogP contribution >= 0.6 is 0 Å². The summed E-state index contributed by atoms with van der Waals surface area (Å²) in [7, 11) is 0. The topological polar surface area (TPSA) is 84.3 Å². The van der Waals surface area contributed by atoms with Crippen molar-refractivity contribution >= 4 is 16.7 Å². The Morgan fingerprint density at radius 3 is 2.68 bits per heavy atom. The van der Waals surface area contributed by atoms with E-state index in [0.717, 1.165) is 30.4 Å². The number of fused-ring (bicyclic) bond motifs is 1. The number of hydrogen-bond acceptors (Lipinski definition) is 4. The molecule has 0 fully saturated rings. The molecule has 4 N–H and O–H groups in total. The van der Waals surface area contributed by atoms with Crippen molar-refractivity contribution < 1.29 is 10.2 Å². The van der Waals surface area contributed by atoms with Gasteiger partial charge in [-0.05, 0) is 44.9 Å². The molecule has 2 atom stereocenters. The van der Waals surface area contributed by atoms with Gasteiger partial charge in [0, 0.05) is 12.2 Å². The lowest BCUT2D eigenvalue weighted by Gasteiger charge is -2.11. The van der Waals surface area contributed by atoms with Crippen LogP contribution in [0, 0.1) is 0 Å². The second-order valence-electron chi connectivity index (χ2n) is 5.04. The van der Waals surface area contributed by atoms with Gasteiger partial charge in [-0.15, -0.1) is 0 Å². The molecular formula is C14H21N3O2. The standard InChI is InChI=1S/C14H21N3O2/c1-9(18)4-3-7-17-13-6-5-11(15)8-12(13)16-14(17)10(2)19/h5-6,8-10,18-19H,3-4,7,15H2,1-2H3. The van der Waals surface area contributed by atoms with Crippen LogP contribution in [0.25, 0.3) is 11.0 Å². The molecule has 1 heterocycles. The van der Waals surface area contributed by atoms with Crippen molar-refractivity contribution in [2.75, 3.05) is 5.73 Å². The van der Waals surface area contributed by atoms with Crippen LogP contribution in [0.5, 0.6) is 0 Å². The minimum Gasteiger partial charge on any atom is -0.399 e. The predicted molar refractivity (Wildman–Crippen MR) is 75.7 cm³/mol. The van der Waals surface area contributed by atoms with Crippen molar-refractivity contribution in [3.8, 4) is 0 Å². The monoisotopic (exact) mass is 263 g/mol. The highest BCUT2D eigenvalue weighted by Crippen LogP contribution is 2.23. The highest BCUT2D eigenvalue weighted by Gasteiger charge is 2.14. The summed E-state index contributed by atoms with van der Waals surface area (Å²) >= 11 is 0. The fourth-order valence-electron chi connectivity index (χ4n) is 2.26. The van der Waals surface area contributed by atoms with Gasteiger partial charge in [-0.25, -0.2) is 4.98 Å². The summed E-state index contributed by atoms with van der Waals surface area (Å²) in [6.45, 7) is 4.21. The minimum atomic E-state index is -0.625. The molecule has 1 aromatic carbocycles. The Morgan fingerprint density at radius 1 is 1.32 bits per heavy atom. The number of rotatable bonds is 5. The van der Waals surface area contributed by atoms with Crippen LogP contribution in [-0.4, -0.2) is 25.9 Å². The van der Waals surface area contributed by atoms with Crippen molar-refractivity contribution in [1.29, 1.82) is 0 Å². The van der Waals surface area contributed by atoms with Gasteiger partial charge in [0.1, 0.15) is 11.9 Å². The van der Waals surface area contributed by atoms with Gasteiger partial charge in [-0.3, -0.25) is 0 Å². The van der Waals surface area contributed by atoms with Gasteiger partial charge in [0.05, 0.1) is 17.1 Å². The van der Waals surface area contributed by atoms with Gasteiger partial charge in [0.2, 0.25) is 0 Å². The number of aliphatic hydroxyl groups excluding tert-OH is 2. The maximum atomic E-state index is 9.82. The summed E-state index contributed by atoms with van der Waals surface area (Å²) in [5.41, 5.74) is 8.19. The molecule has 0 spiro atoms. The first kappa shape index (κ1) is 13.8. The van der Waals surface area contributed by atoms with Gasteiger partial charge in [-0.1, -0.05) is 0 Å². The molecule has 2 rings (SSSR count). The van der Waals surface area contributed by atoms with Crippen molar-refractivity contribution in [3.05, 3.63) is 24.0 Å². The first-order chi connectivity index (χ1) is 8.99. The fraction of sp³-hybridized carbons (Fsp3) is 0.500. The normalized spacial score (nSPS) is 14.7. The van der Waals surface area contributed by atoms with Crippen LogP contribution in [0.3, 0.4) is 0 Å². The first-order valence-electron chi connectivity index (χ1n) is 6.61. The van der Waals surface area contributed by atoms with Gasteiger partial charge in [0.25, 0.3) is 0 Å². The summed E-state index contributed by atoms with van der Waals surface area (Å²) in [5.74, 6) is 0.645. The molecule has 1 aromatic heterocycles. The largest absolute Gasteiger partial charge is 0.399 e. The molecule has 0 aliphatic rings. The molecule has 0 amide bonds. The summed E-state index contributed by atoms with van der Waals surface area (Å²) in [6, 6.07) is 5.57. The molecule has 0 radical (unpaired) electrons. The van der Waals surface area contributed by atoms with E-state index in [1.807, 2.05) is 22.8 Å². The van der Waals surface area contributed by atoms with Crippen LogP contribution in [0.1, 0.15) is 38.6 Å². The third-order valence-corrected chi connectivity index (χ3v) is 3.18. The number of benzene rings is 1. The Labute approximate surface area is 112 Å². The average Bonchev–Trinajstić information content (AvgIpc) is 2.67. The minimum absolute atomic E-state index is 0.305. The zero-order valence-corrected chi connectivity index (χ0v) is 11.4. The Balaban J connectivity index is 2.35. The number of nitrogens with zero attached hydrogens (tertiary/aromatic N) is 2. The number of imidazole rings is 1. The van der Waals surface area contributed by atoms with E-state index in [-0.39, 0.29) is 6.10 Å². The van der Waals surface area contributed by atoms with E-state index in [1.165, 1.54) is 0 Å². The number of anilines is 1. The molecule has 0 aliphatic carbocycles. The summed E-state index contributed by atoms with van der Waals surface area (Å²) in [6.07, 6.45) is 0.641. The van der Waals surface area contributed by atoms with Crippen LogP contribution < -0.4 is 5.73 Å². The number of hydrogen-bond donors (Lipinski definition) is 3. The summed E-state index contributed by atoms with van der Waals surface area (Å²) in [4.78, 5) is 4.44. The Kier molecular flexibility index (Phi) is 4.07. The van der Waals surface area contributed by atoms with E-state index in [2.05, 4.69) is 4.98 Å². The molecule has 0 saturated heterocycles. The molecular weight excluding hydrogens is 242 g/mol.